The first-order valence-corrected chi connectivity index (χ1v) is 22.5. The highest BCUT2D eigenvalue weighted by Gasteiger charge is 2.35. The maximum Gasteiger partial charge on any atom is 0.530 e. The second-order valence-electron chi connectivity index (χ2n) is 14.5. The van der Waals surface area contributed by atoms with Crippen molar-refractivity contribution in [1.82, 2.24) is 0 Å². The molecule has 0 radical (unpaired) electrons. The van der Waals surface area contributed by atoms with E-state index in [1.54, 1.807) is 72.8 Å². The molecular weight excluding hydrogens is 775 g/mol. The van der Waals surface area contributed by atoms with Crippen molar-refractivity contribution in [1.29, 1.82) is 0 Å². The lowest BCUT2D eigenvalue weighted by atomic mass is 9.82. The van der Waals surface area contributed by atoms with Gasteiger partial charge in [-0.3, -0.25) is 0 Å². The zero-order chi connectivity index (χ0) is 40.5. The van der Waals surface area contributed by atoms with Crippen LogP contribution in [0.1, 0.15) is 65.5 Å². The van der Waals surface area contributed by atoms with E-state index in [0.29, 0.717) is 23.0 Å². The lowest BCUT2D eigenvalue weighted by Crippen LogP contribution is -2.18. The van der Waals surface area contributed by atoms with Gasteiger partial charge in [-0.05, 0) is 108 Å². The van der Waals surface area contributed by atoms with Crippen LogP contribution in [-0.4, -0.2) is 8.42 Å². The van der Waals surface area contributed by atoms with Crippen LogP contribution in [-0.2, 0) is 20.7 Å². The molecule has 0 aliphatic heterocycles. The number of hydrogen-bond donors (Lipinski definition) is 0. The van der Waals surface area contributed by atoms with Crippen molar-refractivity contribution in [2.75, 3.05) is 0 Å². The van der Waals surface area contributed by atoms with Crippen molar-refractivity contribution in [3.8, 4) is 34.5 Å². The van der Waals surface area contributed by atoms with Crippen molar-refractivity contribution >= 4 is 27.0 Å². The number of sulfone groups is 1. The molecular formula is C46H48O8P2S. The van der Waals surface area contributed by atoms with Gasteiger partial charge in [0.05, 0.1) is 0 Å². The summed E-state index contributed by atoms with van der Waals surface area (Å²) in [7, 11) is -8.82. The molecule has 0 saturated carbocycles. The normalized spacial score (nSPS) is 11.9. The number of benzene rings is 6. The zero-order valence-electron chi connectivity index (χ0n) is 33.0. The zero-order valence-corrected chi connectivity index (χ0v) is 35.6. The van der Waals surface area contributed by atoms with Gasteiger partial charge in [0.15, 0.2) is 0 Å². The molecule has 6 rings (SSSR count). The van der Waals surface area contributed by atoms with Gasteiger partial charge in [-0.25, -0.2) is 8.42 Å². The summed E-state index contributed by atoms with van der Waals surface area (Å²) in [6.07, 6.45) is 1.53. The summed E-state index contributed by atoms with van der Waals surface area (Å²) in [5.74, 6) is 2.15. The van der Waals surface area contributed by atoms with Gasteiger partial charge in [-0.1, -0.05) is 126 Å². The summed E-state index contributed by atoms with van der Waals surface area (Å²) >= 11 is 0. The molecule has 0 aromatic heterocycles. The van der Waals surface area contributed by atoms with Crippen molar-refractivity contribution in [2.24, 2.45) is 0 Å². The van der Waals surface area contributed by atoms with Crippen LogP contribution in [0.3, 0.4) is 0 Å². The van der Waals surface area contributed by atoms with E-state index < -0.39 is 27.0 Å². The highest BCUT2D eigenvalue weighted by molar-refractivity contribution is 7.91. The minimum absolute atomic E-state index is 0.0593. The van der Waals surface area contributed by atoms with Crippen molar-refractivity contribution in [2.45, 2.75) is 75.0 Å². The fourth-order valence-electron chi connectivity index (χ4n) is 5.50. The third kappa shape index (κ3) is 10.7. The number of para-hydroxylation sites is 4. The molecule has 0 aliphatic rings. The predicted octanol–water partition coefficient (Wildman–Crippen LogP) is 13.4. The van der Waals surface area contributed by atoms with E-state index in [1.165, 1.54) is 0 Å². The number of rotatable bonds is 18. The monoisotopic (exact) mass is 822 g/mol. The first-order valence-electron chi connectivity index (χ1n) is 18.8. The molecule has 0 aliphatic carbocycles. The Morgan fingerprint density at radius 2 is 0.702 bits per heavy atom. The Morgan fingerprint density at radius 3 is 0.965 bits per heavy atom. The van der Waals surface area contributed by atoms with Gasteiger partial charge in [0.1, 0.15) is 44.3 Å². The van der Waals surface area contributed by atoms with E-state index in [1.807, 2.05) is 84.9 Å². The highest BCUT2D eigenvalue weighted by Crippen LogP contribution is 2.49. The van der Waals surface area contributed by atoms with Crippen molar-refractivity contribution < 1.29 is 35.6 Å². The molecule has 6 aromatic carbocycles. The van der Waals surface area contributed by atoms with Crippen LogP contribution in [0.15, 0.2) is 168 Å². The molecule has 0 saturated heterocycles. The van der Waals surface area contributed by atoms with Crippen LogP contribution in [0.25, 0.3) is 0 Å². The van der Waals surface area contributed by atoms with Gasteiger partial charge in [-0.2, -0.15) is 0 Å². The Balaban J connectivity index is 1.49. The summed E-state index contributed by atoms with van der Waals surface area (Å²) in [5, 5.41) is 0. The van der Waals surface area contributed by atoms with E-state index in [2.05, 4.69) is 41.5 Å². The highest BCUT2D eigenvalue weighted by atomic mass is 32.2. The van der Waals surface area contributed by atoms with Gasteiger partial charge in [-0.15, -0.1) is 0 Å². The number of hydrogen-bond acceptors (Lipinski definition) is 8. The molecule has 0 amide bonds. The van der Waals surface area contributed by atoms with Gasteiger partial charge < -0.3 is 27.1 Å². The van der Waals surface area contributed by atoms with E-state index in [4.69, 9.17) is 27.1 Å². The fraction of sp³-hybridized carbons (Fsp3) is 0.217. The van der Waals surface area contributed by atoms with Crippen molar-refractivity contribution in [3.05, 3.63) is 169 Å². The molecule has 0 bridgehead atoms. The first-order chi connectivity index (χ1) is 27.4. The first kappa shape index (κ1) is 41.6. The molecule has 0 heterocycles. The summed E-state index contributed by atoms with van der Waals surface area (Å²) < 4.78 is 69.0. The van der Waals surface area contributed by atoms with Crippen molar-refractivity contribution in [3.63, 3.8) is 0 Å². The summed E-state index contributed by atoms with van der Waals surface area (Å²) in [4.78, 5) is -0.119. The van der Waals surface area contributed by atoms with E-state index >= 15 is 8.42 Å². The summed E-state index contributed by atoms with van der Waals surface area (Å²) in [5.41, 5.74) is 0.925. The lowest BCUT2D eigenvalue weighted by molar-refractivity contribution is 0.383. The molecule has 8 nitrogen and oxygen atoms in total. The van der Waals surface area contributed by atoms with Crippen LogP contribution >= 0.6 is 17.2 Å². The smallest absolute Gasteiger partial charge is 0.409 e. The third-order valence-corrected chi connectivity index (χ3v) is 13.8. The molecule has 0 unspecified atom stereocenters. The Morgan fingerprint density at radius 1 is 0.421 bits per heavy atom. The lowest BCUT2D eigenvalue weighted by Gasteiger charge is -2.27. The van der Waals surface area contributed by atoms with Crippen LogP contribution in [0.4, 0.5) is 0 Å². The minimum Gasteiger partial charge on any atom is -0.409 e. The Bertz CT molecular complexity index is 2070. The topological polar surface area (TPSA) is 89.5 Å². The predicted molar refractivity (Wildman–Crippen MR) is 228 cm³/mol. The molecule has 0 N–H and O–H groups in total. The summed E-state index contributed by atoms with van der Waals surface area (Å²) in [6.45, 7) is 12.5. The van der Waals surface area contributed by atoms with E-state index in [-0.39, 0.29) is 32.1 Å². The van der Waals surface area contributed by atoms with Gasteiger partial charge >= 0.3 is 17.2 Å². The second kappa shape index (κ2) is 18.5. The second-order valence-corrected chi connectivity index (χ2v) is 18.4. The standard InChI is InChI=1S/C46H48O8P2S/c1-7-45(3,4)35-29-31-41(53-55(49-37-21-13-9-14-22-37)50-38-23-15-10-16-24-38)43(33-35)57(47,48)44-34-36(46(5,6)8-2)30-32-42(44)54-56(51-39-25-17-11-18-26-39)52-40-27-19-12-20-28-40/h9-34H,7-8H2,1-6H3. The minimum atomic E-state index is -4.42. The average molecular weight is 823 g/mol. The molecule has 57 heavy (non-hydrogen) atoms. The molecule has 11 heteroatoms. The van der Waals surface area contributed by atoms with E-state index in [9.17, 15) is 0 Å². The van der Waals surface area contributed by atoms with Gasteiger partial charge in [0, 0.05) is 0 Å². The molecule has 296 valence electrons. The van der Waals surface area contributed by atoms with Crippen LogP contribution in [0, 0.1) is 0 Å². The quantitative estimate of drug-likeness (QED) is 0.0792. The maximum atomic E-state index is 15.5. The van der Waals surface area contributed by atoms with Gasteiger partial charge in [0.25, 0.3) is 0 Å². The Labute approximate surface area is 339 Å². The van der Waals surface area contributed by atoms with Crippen LogP contribution in [0.2, 0.25) is 0 Å². The van der Waals surface area contributed by atoms with Gasteiger partial charge in [0.2, 0.25) is 9.84 Å². The molecule has 0 fully saturated rings. The fourth-order valence-corrected chi connectivity index (χ4v) is 9.21. The molecule has 0 atom stereocenters. The maximum absolute atomic E-state index is 15.5. The molecule has 6 aromatic rings. The summed E-state index contributed by atoms with van der Waals surface area (Å²) in [6, 6.07) is 47.1. The van der Waals surface area contributed by atoms with Crippen LogP contribution in [0.5, 0.6) is 34.5 Å². The van der Waals surface area contributed by atoms with E-state index in [0.717, 1.165) is 24.0 Å². The largest absolute Gasteiger partial charge is 0.530 e. The Hall–Kier alpha value is -5.07. The third-order valence-electron chi connectivity index (χ3n) is 9.84. The average Bonchev–Trinajstić information content (AvgIpc) is 3.22. The van der Waals surface area contributed by atoms with Crippen LogP contribution < -0.4 is 27.1 Å². The Kier molecular flexibility index (Phi) is 13.5. The SMILES string of the molecule is CCC(C)(C)c1ccc(OP(Oc2ccccc2)Oc2ccccc2)c(S(=O)(=O)c2cc(C(C)(C)CC)ccc2OP(Oc2ccccc2)Oc2ccccc2)c1. The molecule has 0 spiro atoms.